The van der Waals surface area contributed by atoms with Crippen molar-refractivity contribution in [2.75, 3.05) is 11.9 Å². The third-order valence-corrected chi connectivity index (χ3v) is 7.53. The molecule has 0 aliphatic heterocycles. The Bertz CT molecular complexity index is 1450. The zero-order valence-electron chi connectivity index (χ0n) is 22.7. The van der Waals surface area contributed by atoms with Crippen molar-refractivity contribution in [3.8, 4) is 11.1 Å². The van der Waals surface area contributed by atoms with Gasteiger partial charge in [-0.15, -0.1) is 0 Å². The Hall–Kier alpha value is -3.72. The number of aliphatic hydroxyl groups is 1. The number of ether oxygens (including phenoxy) is 1. The molecule has 3 unspecified atom stereocenters. The molecule has 0 fully saturated rings. The van der Waals surface area contributed by atoms with E-state index >= 15 is 0 Å². The molecule has 3 aromatic rings. The standard InChI is InChI=1S/C33H33F3N2O3/c1-21-6-8-22(9-7-21)16-17-41-32(40)38-28-18-24-12-15-27(19-25(24)20-28)37-31(39)30-5-3-2-4-29(30)23-10-13-26(14-11-23)33(34,35)36/h2-6,8-15,19,21,28,32,38,40H,7,16-18,20H2,1H3,(H,37,39). The summed E-state index contributed by atoms with van der Waals surface area (Å²) in [7, 11) is 0. The minimum atomic E-state index is -4.42. The molecule has 41 heavy (non-hydrogen) atoms. The van der Waals surface area contributed by atoms with Crippen molar-refractivity contribution in [1.29, 1.82) is 0 Å². The maximum atomic E-state index is 13.2. The maximum Gasteiger partial charge on any atom is 0.416 e. The molecule has 0 radical (unpaired) electrons. The van der Waals surface area contributed by atoms with Crippen molar-refractivity contribution in [1.82, 2.24) is 5.32 Å². The topological polar surface area (TPSA) is 70.6 Å². The molecule has 0 aromatic heterocycles. The van der Waals surface area contributed by atoms with Gasteiger partial charge in [-0.05, 0) is 84.2 Å². The molecular formula is C33H33F3N2O3. The van der Waals surface area contributed by atoms with Gasteiger partial charge in [0, 0.05) is 17.3 Å². The van der Waals surface area contributed by atoms with E-state index in [1.807, 2.05) is 18.2 Å². The van der Waals surface area contributed by atoms with Crippen molar-refractivity contribution in [2.45, 2.75) is 51.2 Å². The van der Waals surface area contributed by atoms with Gasteiger partial charge in [-0.25, -0.2) is 0 Å². The first-order valence-electron chi connectivity index (χ1n) is 13.8. The largest absolute Gasteiger partial charge is 0.416 e. The number of carbonyl (C=O) groups excluding carboxylic acids is 1. The highest BCUT2D eigenvalue weighted by Crippen LogP contribution is 2.32. The zero-order chi connectivity index (χ0) is 29.0. The summed E-state index contributed by atoms with van der Waals surface area (Å²) in [6, 6.07) is 17.3. The zero-order valence-corrected chi connectivity index (χ0v) is 22.7. The fourth-order valence-electron chi connectivity index (χ4n) is 5.28. The Morgan fingerprint density at radius 3 is 2.54 bits per heavy atom. The van der Waals surface area contributed by atoms with Crippen LogP contribution >= 0.6 is 0 Å². The minimum Gasteiger partial charge on any atom is -0.356 e. The fourth-order valence-corrected chi connectivity index (χ4v) is 5.28. The average molecular weight is 563 g/mol. The molecule has 214 valence electrons. The van der Waals surface area contributed by atoms with E-state index < -0.39 is 18.2 Å². The first kappa shape index (κ1) is 28.8. The summed E-state index contributed by atoms with van der Waals surface area (Å²) in [4.78, 5) is 13.2. The smallest absolute Gasteiger partial charge is 0.356 e. The number of anilines is 1. The van der Waals surface area contributed by atoms with Gasteiger partial charge in [0.1, 0.15) is 0 Å². The predicted molar refractivity (Wildman–Crippen MR) is 153 cm³/mol. The summed E-state index contributed by atoms with van der Waals surface area (Å²) in [6.07, 6.45) is 4.21. The molecule has 8 heteroatoms. The van der Waals surface area contributed by atoms with E-state index in [4.69, 9.17) is 4.74 Å². The van der Waals surface area contributed by atoms with Gasteiger partial charge in [0.2, 0.25) is 6.41 Å². The van der Waals surface area contributed by atoms with Gasteiger partial charge in [-0.1, -0.05) is 67.1 Å². The van der Waals surface area contributed by atoms with E-state index in [0.717, 1.165) is 42.5 Å². The molecule has 3 aromatic carbocycles. The normalized spacial score (nSPS) is 19.0. The fraction of sp³-hybridized carbons (Fsp3) is 0.303. The van der Waals surface area contributed by atoms with Crippen LogP contribution in [0, 0.1) is 5.92 Å². The van der Waals surface area contributed by atoms with Gasteiger partial charge in [0.15, 0.2) is 0 Å². The van der Waals surface area contributed by atoms with Crippen LogP contribution < -0.4 is 10.6 Å². The van der Waals surface area contributed by atoms with Crippen LogP contribution in [0.2, 0.25) is 0 Å². The number of rotatable bonds is 9. The molecule has 0 spiro atoms. The van der Waals surface area contributed by atoms with Crippen molar-refractivity contribution < 1.29 is 27.8 Å². The van der Waals surface area contributed by atoms with E-state index in [2.05, 4.69) is 35.8 Å². The van der Waals surface area contributed by atoms with Crippen LogP contribution in [-0.4, -0.2) is 30.1 Å². The highest BCUT2D eigenvalue weighted by atomic mass is 19.4. The van der Waals surface area contributed by atoms with Crippen molar-refractivity contribution >= 4 is 11.6 Å². The number of nitrogens with one attached hydrogen (secondary N) is 2. The van der Waals surface area contributed by atoms with Crippen molar-refractivity contribution in [3.05, 3.63) is 113 Å². The number of fused-ring (bicyclic) bond motifs is 1. The van der Waals surface area contributed by atoms with Crippen LogP contribution in [0.5, 0.6) is 0 Å². The summed E-state index contributed by atoms with van der Waals surface area (Å²) in [6.45, 7) is 2.60. The second-order valence-electron chi connectivity index (χ2n) is 10.7. The third kappa shape index (κ3) is 7.33. The highest BCUT2D eigenvalue weighted by Gasteiger charge is 2.30. The van der Waals surface area contributed by atoms with Crippen molar-refractivity contribution in [3.63, 3.8) is 0 Å². The van der Waals surface area contributed by atoms with Gasteiger partial charge in [-0.3, -0.25) is 10.1 Å². The molecule has 0 saturated heterocycles. The minimum absolute atomic E-state index is 0.000916. The molecule has 2 aliphatic carbocycles. The summed E-state index contributed by atoms with van der Waals surface area (Å²) >= 11 is 0. The molecular weight excluding hydrogens is 529 g/mol. The Morgan fingerprint density at radius 2 is 1.80 bits per heavy atom. The van der Waals surface area contributed by atoms with Crippen LogP contribution in [0.25, 0.3) is 11.1 Å². The Balaban J connectivity index is 1.17. The van der Waals surface area contributed by atoms with Crippen LogP contribution in [0.15, 0.2) is 90.5 Å². The van der Waals surface area contributed by atoms with Crippen LogP contribution in [0.3, 0.4) is 0 Å². The van der Waals surface area contributed by atoms with Gasteiger partial charge in [0.25, 0.3) is 5.91 Å². The number of halogens is 3. The first-order chi connectivity index (χ1) is 19.7. The summed E-state index contributed by atoms with van der Waals surface area (Å²) in [5.74, 6) is 0.211. The van der Waals surface area contributed by atoms with E-state index in [9.17, 15) is 23.1 Å². The lowest BCUT2D eigenvalue weighted by atomic mass is 9.97. The lowest BCUT2D eigenvalue weighted by Crippen LogP contribution is -2.40. The number of hydrogen-bond acceptors (Lipinski definition) is 4. The SMILES string of the molecule is CC1C=CC(CCOC(O)NC2Cc3ccc(NC(=O)c4ccccc4-c4ccc(C(F)(F)F)cc4)cc3C2)=CC1. The average Bonchev–Trinajstić information content (AvgIpc) is 3.35. The quantitative estimate of drug-likeness (QED) is 0.249. The monoisotopic (exact) mass is 562 g/mol. The second kappa shape index (κ2) is 12.4. The molecule has 3 N–H and O–H groups in total. The molecule has 5 rings (SSSR count). The number of benzene rings is 3. The molecule has 5 nitrogen and oxygen atoms in total. The Kier molecular flexibility index (Phi) is 8.73. The summed E-state index contributed by atoms with van der Waals surface area (Å²) in [5.41, 5.74) is 4.73. The number of hydrogen-bond donors (Lipinski definition) is 3. The number of allylic oxidation sites excluding steroid dienone is 3. The number of amides is 1. The number of carbonyl (C=O) groups is 1. The number of alkyl halides is 3. The Labute approximate surface area is 237 Å². The second-order valence-corrected chi connectivity index (χ2v) is 10.7. The summed E-state index contributed by atoms with van der Waals surface area (Å²) in [5, 5.41) is 16.4. The maximum absolute atomic E-state index is 13.2. The van der Waals surface area contributed by atoms with Crippen LogP contribution in [-0.2, 0) is 23.8 Å². The van der Waals surface area contributed by atoms with E-state index in [1.165, 1.54) is 17.7 Å². The number of aliphatic hydroxyl groups excluding tert-OH is 1. The van der Waals surface area contributed by atoms with Gasteiger partial charge in [-0.2, -0.15) is 13.2 Å². The van der Waals surface area contributed by atoms with E-state index in [1.54, 1.807) is 24.3 Å². The molecule has 1 amide bonds. The molecule has 3 atom stereocenters. The first-order valence-corrected chi connectivity index (χ1v) is 13.8. The van der Waals surface area contributed by atoms with Crippen LogP contribution in [0.1, 0.15) is 46.8 Å². The van der Waals surface area contributed by atoms with Crippen LogP contribution in [0.4, 0.5) is 18.9 Å². The van der Waals surface area contributed by atoms with E-state index in [-0.39, 0.29) is 11.9 Å². The van der Waals surface area contributed by atoms with Crippen molar-refractivity contribution in [2.24, 2.45) is 5.92 Å². The molecule has 0 heterocycles. The van der Waals surface area contributed by atoms with Gasteiger partial charge >= 0.3 is 6.18 Å². The lowest BCUT2D eigenvalue weighted by Gasteiger charge is -2.19. The Morgan fingerprint density at radius 1 is 1.05 bits per heavy atom. The molecule has 0 saturated carbocycles. The third-order valence-electron chi connectivity index (χ3n) is 7.53. The molecule has 2 aliphatic rings. The van der Waals surface area contributed by atoms with Gasteiger partial charge in [0.05, 0.1) is 12.2 Å². The predicted octanol–water partition coefficient (Wildman–Crippen LogP) is 6.89. The lowest BCUT2D eigenvalue weighted by molar-refractivity contribution is -0.137. The highest BCUT2D eigenvalue weighted by molar-refractivity contribution is 6.08. The van der Waals surface area contributed by atoms with Gasteiger partial charge < -0.3 is 15.2 Å². The summed E-state index contributed by atoms with van der Waals surface area (Å²) < 4.78 is 44.5. The molecule has 0 bridgehead atoms. The van der Waals surface area contributed by atoms with E-state index in [0.29, 0.717) is 41.3 Å².